The summed E-state index contributed by atoms with van der Waals surface area (Å²) in [6, 6.07) is 3.04. The van der Waals surface area contributed by atoms with Gasteiger partial charge in [-0.15, -0.1) is 0 Å². The third-order valence-corrected chi connectivity index (χ3v) is 9.52. The summed E-state index contributed by atoms with van der Waals surface area (Å²) in [6.45, 7) is 9.08. The van der Waals surface area contributed by atoms with E-state index >= 15 is 0 Å². The first-order valence-electron chi connectivity index (χ1n) is 14.9. The van der Waals surface area contributed by atoms with Crippen LogP contribution in [0, 0.1) is 11.8 Å². The number of hydrogen-bond acceptors (Lipinski definition) is 9. The number of amides is 2. The van der Waals surface area contributed by atoms with E-state index in [0.29, 0.717) is 17.9 Å². The lowest BCUT2D eigenvalue weighted by molar-refractivity contribution is -0.155. The lowest BCUT2D eigenvalue weighted by Gasteiger charge is -2.41. The van der Waals surface area contributed by atoms with Gasteiger partial charge in [-0.05, 0) is 51.9 Å². The standard InChI is InChI=1S/C32H44ClN3O8/c1-17-10-9-11-18(2)32(40)16-24(42-30(39)35-32)19(3)28-31(5,44-28)25(43-29(38)20(4)34-6)15-26(37)36(7)22-13-21(12-17)14-23(41-8)27(22)33/h9-11,13-14,18-20,24-25,28,34,40H,12,15-16H2,1-8H3,(H,35,39)/b11-9+,17-10+/t18-,19+,20+,24+,25+,28-,31+,32+/m1/s1. The van der Waals surface area contributed by atoms with Gasteiger partial charge < -0.3 is 34.3 Å². The van der Waals surface area contributed by atoms with E-state index in [4.69, 9.17) is 30.5 Å². The lowest BCUT2D eigenvalue weighted by Crippen LogP contribution is -2.60. The molecule has 0 radical (unpaired) electrons. The molecule has 2 amide bonds. The number of carbonyl (C=O) groups is 3. The van der Waals surface area contributed by atoms with E-state index in [1.54, 1.807) is 27.9 Å². The van der Waals surface area contributed by atoms with Crippen molar-refractivity contribution in [3.8, 4) is 5.75 Å². The van der Waals surface area contributed by atoms with Crippen molar-refractivity contribution in [3.05, 3.63) is 46.5 Å². The molecule has 0 aromatic heterocycles. The zero-order chi connectivity index (χ0) is 32.6. The average molecular weight is 634 g/mol. The molecule has 0 unspecified atom stereocenters. The predicted molar refractivity (Wildman–Crippen MR) is 166 cm³/mol. The number of fused-ring (bicyclic) bond motifs is 5. The van der Waals surface area contributed by atoms with Crippen LogP contribution in [0.5, 0.6) is 5.75 Å². The zero-order valence-electron chi connectivity index (χ0n) is 26.6. The molecule has 0 aliphatic carbocycles. The third kappa shape index (κ3) is 6.91. The molecule has 242 valence electrons. The molecule has 2 fully saturated rings. The molecule has 11 nitrogen and oxygen atoms in total. The summed E-state index contributed by atoms with van der Waals surface area (Å²) in [5, 5.41) is 17.3. The van der Waals surface area contributed by atoms with Crippen LogP contribution in [0.2, 0.25) is 5.02 Å². The van der Waals surface area contributed by atoms with Gasteiger partial charge in [0.1, 0.15) is 40.3 Å². The normalized spacial score (nSPS) is 35.3. The van der Waals surface area contributed by atoms with Crippen LogP contribution in [-0.4, -0.2) is 80.0 Å². The number of aliphatic hydroxyl groups is 1. The van der Waals surface area contributed by atoms with E-state index in [1.165, 1.54) is 12.0 Å². The number of carbonyl (C=O) groups excluding carboxylic acids is 3. The van der Waals surface area contributed by atoms with Crippen molar-refractivity contribution in [2.75, 3.05) is 26.1 Å². The largest absolute Gasteiger partial charge is 0.495 e. The topological polar surface area (TPSA) is 139 Å². The van der Waals surface area contributed by atoms with Gasteiger partial charge in [0.25, 0.3) is 0 Å². The van der Waals surface area contributed by atoms with Crippen LogP contribution in [-0.2, 0) is 30.2 Å². The van der Waals surface area contributed by atoms with Crippen LogP contribution in [0.25, 0.3) is 0 Å². The highest BCUT2D eigenvalue weighted by Crippen LogP contribution is 2.49. The molecule has 3 heterocycles. The Balaban J connectivity index is 1.78. The number of ether oxygens (including phenoxy) is 4. The molecule has 3 aliphatic rings. The van der Waals surface area contributed by atoms with Gasteiger partial charge in [0.2, 0.25) is 5.91 Å². The summed E-state index contributed by atoms with van der Waals surface area (Å²) in [5.41, 5.74) is -0.306. The second kappa shape index (κ2) is 13.1. The second-order valence-corrected chi connectivity index (χ2v) is 12.7. The van der Waals surface area contributed by atoms with E-state index in [-0.39, 0.29) is 23.8 Å². The first-order chi connectivity index (χ1) is 20.6. The average Bonchev–Trinajstić information content (AvgIpc) is 3.67. The summed E-state index contributed by atoms with van der Waals surface area (Å²) >= 11 is 6.69. The molecule has 0 spiro atoms. The second-order valence-electron chi connectivity index (χ2n) is 12.4. The van der Waals surface area contributed by atoms with Gasteiger partial charge in [-0.25, -0.2) is 4.79 Å². The van der Waals surface area contributed by atoms with Crippen molar-refractivity contribution < 1.29 is 38.4 Å². The fourth-order valence-corrected chi connectivity index (χ4v) is 6.18. The molecule has 1 aromatic carbocycles. The van der Waals surface area contributed by atoms with Crippen molar-refractivity contribution in [3.63, 3.8) is 0 Å². The number of halogens is 1. The number of allylic oxidation sites excluding steroid dienone is 3. The number of rotatable bonds is 4. The van der Waals surface area contributed by atoms with Gasteiger partial charge in [-0.3, -0.25) is 14.9 Å². The Labute approximate surface area is 263 Å². The maximum absolute atomic E-state index is 13.8. The number of hydrogen-bond donors (Lipinski definition) is 3. The Bertz CT molecular complexity index is 1350. The Morgan fingerprint density at radius 2 is 2.00 bits per heavy atom. The zero-order valence-corrected chi connectivity index (χ0v) is 27.4. The monoisotopic (exact) mass is 633 g/mol. The van der Waals surface area contributed by atoms with Gasteiger partial charge in [0.05, 0.1) is 25.3 Å². The molecule has 8 atom stereocenters. The Hall–Kier alpha value is -3.12. The van der Waals surface area contributed by atoms with Crippen LogP contribution >= 0.6 is 11.6 Å². The smallest absolute Gasteiger partial charge is 0.409 e. The lowest BCUT2D eigenvalue weighted by atomic mass is 9.82. The predicted octanol–water partition coefficient (Wildman–Crippen LogP) is 3.90. The van der Waals surface area contributed by atoms with Crippen LogP contribution in [0.3, 0.4) is 0 Å². The van der Waals surface area contributed by atoms with Gasteiger partial charge in [-0.1, -0.05) is 49.2 Å². The van der Waals surface area contributed by atoms with E-state index in [9.17, 15) is 19.5 Å². The van der Waals surface area contributed by atoms with Crippen molar-refractivity contribution >= 4 is 35.3 Å². The van der Waals surface area contributed by atoms with Gasteiger partial charge in [0.15, 0.2) is 0 Å². The number of benzene rings is 1. The number of epoxide rings is 1. The minimum Gasteiger partial charge on any atom is -0.495 e. The highest BCUT2D eigenvalue weighted by Gasteiger charge is 2.64. The van der Waals surface area contributed by atoms with Gasteiger partial charge in [-0.2, -0.15) is 0 Å². The van der Waals surface area contributed by atoms with Crippen LogP contribution in [0.4, 0.5) is 10.5 Å². The van der Waals surface area contributed by atoms with E-state index in [1.807, 2.05) is 51.1 Å². The molecular weight excluding hydrogens is 590 g/mol. The first-order valence-corrected chi connectivity index (χ1v) is 15.2. The summed E-state index contributed by atoms with van der Waals surface area (Å²) in [5.74, 6) is -1.32. The van der Waals surface area contributed by atoms with Gasteiger partial charge in [0, 0.05) is 25.3 Å². The maximum atomic E-state index is 13.8. The first kappa shape index (κ1) is 33.8. The molecule has 3 aliphatic heterocycles. The Kier molecular flexibility index (Phi) is 10.0. The minimum atomic E-state index is -1.56. The Morgan fingerprint density at radius 3 is 2.66 bits per heavy atom. The van der Waals surface area contributed by atoms with Crippen molar-refractivity contribution in [1.29, 1.82) is 0 Å². The molecule has 0 saturated carbocycles. The SMILES string of the molecule is CN[C@@H](C)C(=O)O[C@H]1CC(=O)N(C)c2cc(cc(OC)c2Cl)C/C(C)=C/C=C/[C@@H](C)[C@@]2(O)C[C@H](OC(=O)N2)[C@H](C)[C@H]2O[C@@]12C. The molecular formula is C32H44ClN3O8. The molecule has 4 bridgehead atoms. The van der Waals surface area contributed by atoms with Crippen molar-refractivity contribution in [2.45, 2.75) is 89.6 Å². The summed E-state index contributed by atoms with van der Waals surface area (Å²) in [4.78, 5) is 40.9. The highest BCUT2D eigenvalue weighted by atomic mass is 35.5. The fraction of sp³-hybridized carbons (Fsp3) is 0.594. The summed E-state index contributed by atoms with van der Waals surface area (Å²) < 4.78 is 23.3. The van der Waals surface area contributed by atoms with E-state index in [0.717, 1.165) is 11.1 Å². The maximum Gasteiger partial charge on any atom is 0.409 e. The number of esters is 1. The van der Waals surface area contributed by atoms with E-state index < -0.39 is 59.6 Å². The summed E-state index contributed by atoms with van der Waals surface area (Å²) in [7, 11) is 4.77. The summed E-state index contributed by atoms with van der Waals surface area (Å²) in [6.07, 6.45) is 3.12. The molecule has 2 saturated heterocycles. The number of anilines is 1. The van der Waals surface area contributed by atoms with Crippen LogP contribution < -0.4 is 20.3 Å². The number of methoxy groups -OCH3 is 1. The molecule has 3 N–H and O–H groups in total. The fourth-order valence-electron chi connectivity index (χ4n) is 5.87. The van der Waals surface area contributed by atoms with Gasteiger partial charge >= 0.3 is 12.1 Å². The van der Waals surface area contributed by atoms with E-state index in [2.05, 4.69) is 10.6 Å². The van der Waals surface area contributed by atoms with Crippen molar-refractivity contribution in [1.82, 2.24) is 10.6 Å². The Morgan fingerprint density at radius 1 is 1.30 bits per heavy atom. The number of nitrogens with zero attached hydrogens (tertiary/aromatic N) is 1. The molecule has 1 aromatic rings. The quantitative estimate of drug-likeness (QED) is 0.333. The highest BCUT2D eigenvalue weighted by molar-refractivity contribution is 6.35. The molecule has 4 rings (SSSR count). The van der Waals surface area contributed by atoms with Crippen molar-refractivity contribution in [2.24, 2.45) is 11.8 Å². The minimum absolute atomic E-state index is 0.108. The number of alkyl carbamates (subject to hydrolysis) is 1. The number of likely N-dealkylation sites (N-methyl/N-ethyl adjacent to an activating group) is 1. The van der Waals surface area contributed by atoms with Crippen LogP contribution in [0.1, 0.15) is 53.0 Å². The third-order valence-electron chi connectivity index (χ3n) is 9.14. The van der Waals surface area contributed by atoms with Crippen LogP contribution in [0.15, 0.2) is 35.9 Å². The molecule has 44 heavy (non-hydrogen) atoms. The number of nitrogens with one attached hydrogen (secondary N) is 2. The molecule has 12 heteroatoms.